The van der Waals surface area contributed by atoms with Gasteiger partial charge in [-0.2, -0.15) is 0 Å². The minimum Gasteiger partial charge on any atom is -0.369 e. The summed E-state index contributed by atoms with van der Waals surface area (Å²) in [5, 5.41) is 6.40. The molecule has 6 nitrogen and oxygen atoms in total. The van der Waals surface area contributed by atoms with Gasteiger partial charge in [-0.25, -0.2) is 9.97 Å². The third-order valence-electron chi connectivity index (χ3n) is 4.96. The van der Waals surface area contributed by atoms with Crippen LogP contribution in [0.3, 0.4) is 0 Å². The summed E-state index contributed by atoms with van der Waals surface area (Å²) in [7, 11) is 0. The van der Waals surface area contributed by atoms with Crippen LogP contribution in [0.4, 0.5) is 11.6 Å². The predicted octanol–water partition coefficient (Wildman–Crippen LogP) is 2.72. The van der Waals surface area contributed by atoms with Crippen LogP contribution in [-0.2, 0) is 4.79 Å². The van der Waals surface area contributed by atoms with Gasteiger partial charge in [0.25, 0.3) is 0 Å². The number of rotatable bonds is 6. The van der Waals surface area contributed by atoms with Crippen molar-refractivity contribution in [2.45, 2.75) is 63.8 Å². The number of hydrogen-bond donors (Lipinski definition) is 2. The Labute approximate surface area is 144 Å². The molecule has 1 saturated carbocycles. The highest BCUT2D eigenvalue weighted by Crippen LogP contribution is 2.19. The van der Waals surface area contributed by atoms with Crippen LogP contribution in [0.25, 0.3) is 0 Å². The summed E-state index contributed by atoms with van der Waals surface area (Å²) in [6.07, 6.45) is 11.9. The summed E-state index contributed by atoms with van der Waals surface area (Å²) in [5.74, 6) is 1.93. The monoisotopic (exact) mass is 331 g/mol. The number of carbonyl (C=O) groups excluding carboxylic acids is 1. The van der Waals surface area contributed by atoms with Crippen LogP contribution >= 0.6 is 0 Å². The van der Waals surface area contributed by atoms with Crippen molar-refractivity contribution in [3.05, 3.63) is 12.4 Å². The Hall–Kier alpha value is -1.85. The van der Waals surface area contributed by atoms with Crippen molar-refractivity contribution in [3.63, 3.8) is 0 Å². The van der Waals surface area contributed by atoms with Gasteiger partial charge < -0.3 is 15.5 Å². The number of hydrogen-bond acceptors (Lipinski definition) is 5. The molecule has 3 rings (SSSR count). The summed E-state index contributed by atoms with van der Waals surface area (Å²) in [6.45, 7) is 2.75. The molecule has 1 aromatic rings. The number of piperidine rings is 1. The van der Waals surface area contributed by atoms with E-state index < -0.39 is 0 Å². The highest BCUT2D eigenvalue weighted by atomic mass is 16.1. The molecule has 6 heteroatoms. The van der Waals surface area contributed by atoms with Crippen LogP contribution in [0.15, 0.2) is 12.4 Å². The van der Waals surface area contributed by atoms with E-state index in [0.717, 1.165) is 37.6 Å². The van der Waals surface area contributed by atoms with Crippen molar-refractivity contribution in [2.75, 3.05) is 29.9 Å². The van der Waals surface area contributed by atoms with Gasteiger partial charge in [0, 0.05) is 38.2 Å². The van der Waals surface area contributed by atoms with Crippen molar-refractivity contribution in [1.29, 1.82) is 0 Å². The molecule has 2 N–H and O–H groups in total. The zero-order valence-electron chi connectivity index (χ0n) is 14.5. The molecule has 1 aliphatic carbocycles. The zero-order valence-corrected chi connectivity index (χ0v) is 14.5. The lowest BCUT2D eigenvalue weighted by atomic mass is 9.95. The van der Waals surface area contributed by atoms with Crippen molar-refractivity contribution >= 4 is 17.5 Å². The smallest absolute Gasteiger partial charge is 0.221 e. The Morgan fingerprint density at radius 2 is 1.83 bits per heavy atom. The van der Waals surface area contributed by atoms with Gasteiger partial charge in [0.1, 0.15) is 18.0 Å². The molecule has 1 aliphatic heterocycles. The molecule has 0 spiro atoms. The molecule has 0 bridgehead atoms. The second-order valence-corrected chi connectivity index (χ2v) is 6.89. The normalized spacial score (nSPS) is 19.1. The van der Waals surface area contributed by atoms with E-state index in [1.54, 1.807) is 6.33 Å². The molecule has 2 aliphatic rings. The van der Waals surface area contributed by atoms with Crippen molar-refractivity contribution in [3.8, 4) is 0 Å². The van der Waals surface area contributed by atoms with Crippen molar-refractivity contribution < 1.29 is 4.79 Å². The number of anilines is 2. The highest BCUT2D eigenvalue weighted by Gasteiger charge is 2.15. The number of carbonyl (C=O) groups is 1. The number of amides is 1. The van der Waals surface area contributed by atoms with E-state index >= 15 is 0 Å². The fourth-order valence-corrected chi connectivity index (χ4v) is 3.59. The van der Waals surface area contributed by atoms with E-state index in [1.165, 1.54) is 38.5 Å². The van der Waals surface area contributed by atoms with E-state index in [1.807, 2.05) is 6.07 Å². The van der Waals surface area contributed by atoms with Gasteiger partial charge in [-0.1, -0.05) is 19.3 Å². The third-order valence-corrected chi connectivity index (χ3v) is 4.96. The lowest BCUT2D eigenvalue weighted by Gasteiger charge is -2.27. The molecule has 24 heavy (non-hydrogen) atoms. The van der Waals surface area contributed by atoms with Gasteiger partial charge >= 0.3 is 0 Å². The fraction of sp³-hybridized carbons (Fsp3) is 0.722. The fourth-order valence-electron chi connectivity index (χ4n) is 3.59. The molecule has 2 fully saturated rings. The maximum Gasteiger partial charge on any atom is 0.221 e. The van der Waals surface area contributed by atoms with Gasteiger partial charge in [-0.05, 0) is 32.1 Å². The first-order valence-corrected chi connectivity index (χ1v) is 9.41. The highest BCUT2D eigenvalue weighted by molar-refractivity contribution is 5.76. The number of nitrogens with zero attached hydrogens (tertiary/aromatic N) is 3. The molecule has 1 aromatic heterocycles. The summed E-state index contributed by atoms with van der Waals surface area (Å²) < 4.78 is 0. The van der Waals surface area contributed by atoms with Crippen molar-refractivity contribution in [1.82, 2.24) is 15.3 Å². The third kappa shape index (κ3) is 5.08. The van der Waals surface area contributed by atoms with Crippen LogP contribution in [0.5, 0.6) is 0 Å². The van der Waals surface area contributed by atoms with Gasteiger partial charge in [-0.15, -0.1) is 0 Å². The summed E-state index contributed by atoms with van der Waals surface area (Å²) >= 11 is 0. The molecule has 2 heterocycles. The lowest BCUT2D eigenvalue weighted by molar-refractivity contribution is -0.121. The second-order valence-electron chi connectivity index (χ2n) is 6.89. The Kier molecular flexibility index (Phi) is 6.26. The molecule has 1 saturated heterocycles. The Morgan fingerprint density at radius 1 is 1.08 bits per heavy atom. The first kappa shape index (κ1) is 17.0. The van der Waals surface area contributed by atoms with Gasteiger partial charge in [0.2, 0.25) is 5.91 Å². The topological polar surface area (TPSA) is 70.2 Å². The van der Waals surface area contributed by atoms with E-state index in [2.05, 4.69) is 25.5 Å². The predicted molar refractivity (Wildman–Crippen MR) is 96.2 cm³/mol. The maximum absolute atomic E-state index is 12.0. The average Bonchev–Trinajstić information content (AvgIpc) is 2.63. The van der Waals surface area contributed by atoms with E-state index in [4.69, 9.17) is 0 Å². The van der Waals surface area contributed by atoms with Gasteiger partial charge in [0.05, 0.1) is 0 Å². The molecular weight excluding hydrogens is 302 g/mol. The van der Waals surface area contributed by atoms with Crippen LogP contribution in [0.2, 0.25) is 0 Å². The Balaban J connectivity index is 1.41. The van der Waals surface area contributed by atoms with Crippen LogP contribution in [0.1, 0.15) is 57.8 Å². The molecule has 1 amide bonds. The van der Waals surface area contributed by atoms with Crippen LogP contribution in [-0.4, -0.2) is 41.6 Å². The molecule has 0 unspecified atom stereocenters. The Morgan fingerprint density at radius 3 is 2.62 bits per heavy atom. The largest absolute Gasteiger partial charge is 0.369 e. The second kappa shape index (κ2) is 8.85. The Bertz CT molecular complexity index is 524. The van der Waals surface area contributed by atoms with E-state index in [9.17, 15) is 4.79 Å². The molecule has 132 valence electrons. The van der Waals surface area contributed by atoms with Gasteiger partial charge in [0.15, 0.2) is 0 Å². The molecule has 0 radical (unpaired) electrons. The van der Waals surface area contributed by atoms with E-state index in [-0.39, 0.29) is 5.91 Å². The SMILES string of the molecule is O=C(CCNc1cc(N2CCCCC2)ncn1)NC1CCCCC1. The molecule has 0 aromatic carbocycles. The standard InChI is InChI=1S/C18H29N5O/c24-18(22-15-7-3-1-4-8-15)9-10-19-16-13-17(21-14-20-16)23-11-5-2-6-12-23/h13-15H,1-12H2,(H,22,24)(H,19,20,21). The number of aromatic nitrogens is 2. The summed E-state index contributed by atoms with van der Waals surface area (Å²) in [4.78, 5) is 23.0. The van der Waals surface area contributed by atoms with Crippen molar-refractivity contribution in [2.24, 2.45) is 0 Å². The van der Waals surface area contributed by atoms with Crippen LogP contribution < -0.4 is 15.5 Å². The summed E-state index contributed by atoms with van der Waals surface area (Å²) in [6, 6.07) is 2.38. The van der Waals surface area contributed by atoms with Gasteiger partial charge in [-0.3, -0.25) is 4.79 Å². The molecular formula is C18H29N5O. The molecule has 0 atom stereocenters. The lowest BCUT2D eigenvalue weighted by Crippen LogP contribution is -2.36. The quantitative estimate of drug-likeness (QED) is 0.839. The maximum atomic E-state index is 12.0. The van der Waals surface area contributed by atoms with E-state index in [0.29, 0.717) is 19.0 Å². The zero-order chi connectivity index (χ0) is 16.6. The first-order chi connectivity index (χ1) is 11.8. The average molecular weight is 331 g/mol. The minimum absolute atomic E-state index is 0.139. The summed E-state index contributed by atoms with van der Waals surface area (Å²) in [5.41, 5.74) is 0. The number of nitrogens with one attached hydrogen (secondary N) is 2. The first-order valence-electron chi connectivity index (χ1n) is 9.41. The minimum atomic E-state index is 0.139. The van der Waals surface area contributed by atoms with Crippen LogP contribution in [0, 0.1) is 0 Å².